The van der Waals surface area contributed by atoms with Crippen LogP contribution < -0.4 is 5.32 Å². The van der Waals surface area contributed by atoms with Gasteiger partial charge in [0.25, 0.3) is 5.91 Å². The van der Waals surface area contributed by atoms with Gasteiger partial charge in [-0.05, 0) is 49.6 Å². The normalized spacial score (nSPS) is 11.6. The van der Waals surface area contributed by atoms with Gasteiger partial charge in [-0.1, -0.05) is 6.07 Å². The molecule has 2 heterocycles. The van der Waals surface area contributed by atoms with Gasteiger partial charge in [-0.25, -0.2) is 13.4 Å². The van der Waals surface area contributed by atoms with Crippen molar-refractivity contribution in [1.29, 1.82) is 0 Å². The molecule has 0 aliphatic heterocycles. The molecule has 1 aromatic carbocycles. The van der Waals surface area contributed by atoms with Gasteiger partial charge in [0.05, 0.1) is 20.7 Å². The number of carbonyl (C=O) groups is 1. The first-order valence-electron chi connectivity index (χ1n) is 7.52. The third kappa shape index (κ3) is 3.81. The molecule has 130 valence electrons. The van der Waals surface area contributed by atoms with Crippen LogP contribution in [0.3, 0.4) is 0 Å². The molecule has 5 nitrogen and oxygen atoms in total. The number of nitrogens with zero attached hydrogens (tertiary/aromatic N) is 1. The molecule has 2 aromatic heterocycles. The van der Waals surface area contributed by atoms with Crippen molar-refractivity contribution >= 4 is 43.5 Å². The van der Waals surface area contributed by atoms with Gasteiger partial charge in [0.2, 0.25) is 0 Å². The minimum Gasteiger partial charge on any atom is -0.298 e. The maximum Gasteiger partial charge on any atom is 0.257 e. The monoisotopic (exact) mass is 392 g/mol. The lowest BCUT2D eigenvalue weighted by atomic mass is 10.2. The highest BCUT2D eigenvalue weighted by atomic mass is 32.2. The van der Waals surface area contributed by atoms with Crippen LogP contribution in [-0.2, 0) is 9.84 Å². The van der Waals surface area contributed by atoms with Gasteiger partial charge < -0.3 is 0 Å². The zero-order chi connectivity index (χ0) is 18.0. The predicted octanol–water partition coefficient (Wildman–Crippen LogP) is 4.31. The van der Waals surface area contributed by atoms with Crippen LogP contribution >= 0.6 is 22.7 Å². The minimum atomic E-state index is -3.34. The summed E-state index contributed by atoms with van der Waals surface area (Å²) in [4.78, 5) is 18.0. The molecule has 0 saturated carbocycles. The Labute approximate surface area is 154 Å². The molecule has 8 heteroatoms. The Balaban J connectivity index is 1.74. The van der Waals surface area contributed by atoms with Gasteiger partial charge >= 0.3 is 0 Å². The fourth-order valence-corrected chi connectivity index (χ4v) is 4.63. The lowest BCUT2D eigenvalue weighted by molar-refractivity contribution is 0.102. The number of hydrogen-bond donors (Lipinski definition) is 1. The summed E-state index contributed by atoms with van der Waals surface area (Å²) in [6.07, 6.45) is 0. The van der Waals surface area contributed by atoms with Crippen molar-refractivity contribution in [1.82, 2.24) is 4.98 Å². The maximum absolute atomic E-state index is 12.3. The van der Waals surface area contributed by atoms with E-state index in [1.807, 2.05) is 22.9 Å². The summed E-state index contributed by atoms with van der Waals surface area (Å²) < 4.78 is 24.2. The van der Waals surface area contributed by atoms with Crippen LogP contribution in [0.1, 0.15) is 24.2 Å². The number of thiazole rings is 1. The number of anilines is 1. The van der Waals surface area contributed by atoms with Crippen LogP contribution in [0.5, 0.6) is 0 Å². The molecule has 3 aromatic rings. The van der Waals surface area contributed by atoms with E-state index in [4.69, 9.17) is 0 Å². The minimum absolute atomic E-state index is 0.216. The van der Waals surface area contributed by atoms with E-state index >= 15 is 0 Å². The third-order valence-corrected chi connectivity index (χ3v) is 7.38. The quantitative estimate of drug-likeness (QED) is 0.702. The molecular formula is C17H16N2O3S3. The summed E-state index contributed by atoms with van der Waals surface area (Å²) in [5.41, 5.74) is 1.21. The Morgan fingerprint density at radius 1 is 1.12 bits per heavy atom. The zero-order valence-electron chi connectivity index (χ0n) is 13.6. The molecule has 0 fully saturated rings. The summed E-state index contributed by atoms with van der Waals surface area (Å²) in [6.45, 7) is 3.26. The highest BCUT2D eigenvalue weighted by Gasteiger charge is 2.19. The van der Waals surface area contributed by atoms with Gasteiger partial charge in [-0.3, -0.25) is 10.1 Å². The number of benzene rings is 1. The second-order valence-corrected chi connectivity index (χ2v) is 9.90. The van der Waals surface area contributed by atoms with Crippen LogP contribution in [0.25, 0.3) is 10.6 Å². The third-order valence-electron chi connectivity index (χ3n) is 3.56. The van der Waals surface area contributed by atoms with E-state index < -0.39 is 15.1 Å². The van der Waals surface area contributed by atoms with Crippen molar-refractivity contribution in [3.63, 3.8) is 0 Å². The molecule has 0 spiro atoms. The average molecular weight is 393 g/mol. The summed E-state index contributed by atoms with van der Waals surface area (Å²) >= 11 is 2.94. The van der Waals surface area contributed by atoms with E-state index in [9.17, 15) is 13.2 Å². The van der Waals surface area contributed by atoms with Gasteiger partial charge in [-0.15, -0.1) is 22.7 Å². The van der Waals surface area contributed by atoms with E-state index in [0.717, 1.165) is 10.6 Å². The summed E-state index contributed by atoms with van der Waals surface area (Å²) in [5, 5.41) is 6.61. The second-order valence-electron chi connectivity index (χ2n) is 5.59. The zero-order valence-corrected chi connectivity index (χ0v) is 16.0. The van der Waals surface area contributed by atoms with E-state index in [1.165, 1.54) is 35.6 Å². The van der Waals surface area contributed by atoms with Crippen LogP contribution in [0.4, 0.5) is 5.13 Å². The van der Waals surface area contributed by atoms with Gasteiger partial charge in [0.15, 0.2) is 15.0 Å². The molecule has 0 aliphatic carbocycles. The van der Waals surface area contributed by atoms with E-state index in [0.29, 0.717) is 10.7 Å². The Morgan fingerprint density at radius 2 is 1.84 bits per heavy atom. The lowest BCUT2D eigenvalue weighted by Crippen LogP contribution is -2.15. The smallest absolute Gasteiger partial charge is 0.257 e. The number of amides is 1. The molecule has 0 bridgehead atoms. The number of nitrogens with one attached hydrogen (secondary N) is 1. The predicted molar refractivity (Wildman–Crippen MR) is 102 cm³/mol. The van der Waals surface area contributed by atoms with Crippen molar-refractivity contribution in [3.8, 4) is 10.6 Å². The molecule has 0 atom stereocenters. The second kappa shape index (κ2) is 7.07. The fraction of sp³-hybridized carbons (Fsp3) is 0.176. The Hall–Kier alpha value is -2.03. The molecule has 1 amide bonds. The van der Waals surface area contributed by atoms with Crippen molar-refractivity contribution in [2.75, 3.05) is 5.32 Å². The van der Waals surface area contributed by atoms with Crippen LogP contribution in [0, 0.1) is 0 Å². The molecule has 0 unspecified atom stereocenters. The number of thiophene rings is 1. The first-order valence-corrected chi connectivity index (χ1v) is 10.8. The van der Waals surface area contributed by atoms with Crippen molar-refractivity contribution in [2.45, 2.75) is 24.0 Å². The van der Waals surface area contributed by atoms with Crippen molar-refractivity contribution in [2.24, 2.45) is 0 Å². The first kappa shape index (κ1) is 17.8. The van der Waals surface area contributed by atoms with Crippen molar-refractivity contribution in [3.05, 3.63) is 52.7 Å². The summed E-state index contributed by atoms with van der Waals surface area (Å²) in [7, 11) is -3.34. The molecule has 0 radical (unpaired) electrons. The lowest BCUT2D eigenvalue weighted by Gasteiger charge is -2.08. The summed E-state index contributed by atoms with van der Waals surface area (Å²) in [5.74, 6) is -0.319. The van der Waals surface area contributed by atoms with Crippen LogP contribution in [0.15, 0.2) is 52.1 Å². The van der Waals surface area contributed by atoms with Gasteiger partial charge in [0.1, 0.15) is 0 Å². The number of aromatic nitrogens is 1. The average Bonchev–Trinajstić information content (AvgIpc) is 3.26. The highest BCUT2D eigenvalue weighted by Crippen LogP contribution is 2.28. The van der Waals surface area contributed by atoms with Crippen LogP contribution in [0.2, 0.25) is 0 Å². The standard InChI is InChI=1S/C17H16N2O3S3/c1-11(2)25(21,22)13-7-5-12(6-8-13)16(20)19-17-18-14(10-24-17)15-4-3-9-23-15/h3-11H,1-2H3,(H,18,19,20). The molecule has 0 saturated heterocycles. The van der Waals surface area contributed by atoms with E-state index in [-0.39, 0.29) is 10.8 Å². The molecular weight excluding hydrogens is 376 g/mol. The Morgan fingerprint density at radius 3 is 2.44 bits per heavy atom. The van der Waals surface area contributed by atoms with Crippen LogP contribution in [-0.4, -0.2) is 24.6 Å². The molecule has 25 heavy (non-hydrogen) atoms. The van der Waals surface area contributed by atoms with Gasteiger partial charge in [-0.2, -0.15) is 0 Å². The Kier molecular flexibility index (Phi) is 5.03. The molecule has 0 aliphatic rings. The Bertz CT molecular complexity index is 973. The number of sulfone groups is 1. The number of rotatable bonds is 5. The van der Waals surface area contributed by atoms with E-state index in [1.54, 1.807) is 25.2 Å². The fourth-order valence-electron chi connectivity index (χ4n) is 2.11. The highest BCUT2D eigenvalue weighted by molar-refractivity contribution is 7.92. The number of carbonyl (C=O) groups excluding carboxylic acids is 1. The topological polar surface area (TPSA) is 76.1 Å². The van der Waals surface area contributed by atoms with Gasteiger partial charge in [0, 0.05) is 10.9 Å². The number of hydrogen-bond acceptors (Lipinski definition) is 6. The molecule has 1 N–H and O–H groups in total. The molecule has 3 rings (SSSR count). The van der Waals surface area contributed by atoms with E-state index in [2.05, 4.69) is 10.3 Å². The maximum atomic E-state index is 12.3. The van der Waals surface area contributed by atoms with Crippen molar-refractivity contribution < 1.29 is 13.2 Å². The summed E-state index contributed by atoms with van der Waals surface area (Å²) in [6, 6.07) is 9.87. The first-order chi connectivity index (χ1) is 11.9. The SMILES string of the molecule is CC(C)S(=O)(=O)c1ccc(C(=O)Nc2nc(-c3cccs3)cs2)cc1. The largest absolute Gasteiger partial charge is 0.298 e.